The molecule has 3 heterocycles. The molecule has 0 radical (unpaired) electrons. The fourth-order valence-corrected chi connectivity index (χ4v) is 3.32. The van der Waals surface area contributed by atoms with Crippen LogP contribution in [-0.2, 0) is 0 Å². The second kappa shape index (κ2) is 7.63. The molecule has 0 aliphatic carbocycles. The molecule has 8 nitrogen and oxygen atoms in total. The van der Waals surface area contributed by atoms with Crippen LogP contribution in [0.2, 0.25) is 0 Å². The van der Waals surface area contributed by atoms with E-state index in [2.05, 4.69) is 34.4 Å². The summed E-state index contributed by atoms with van der Waals surface area (Å²) in [6, 6.07) is 3.58. The third-order valence-corrected chi connectivity index (χ3v) is 4.70. The van der Waals surface area contributed by atoms with Gasteiger partial charge in [0.2, 0.25) is 0 Å². The molecular weight excluding hydrogens is 332 g/mol. The van der Waals surface area contributed by atoms with Crippen LogP contribution in [0.15, 0.2) is 18.3 Å². The number of rotatable bonds is 7. The Hall–Kier alpha value is -2.77. The molecule has 3 amide bonds. The molecule has 26 heavy (non-hydrogen) atoms. The zero-order valence-electron chi connectivity index (χ0n) is 15.6. The van der Waals surface area contributed by atoms with Gasteiger partial charge in [-0.15, -0.1) is 0 Å². The van der Waals surface area contributed by atoms with E-state index in [0.717, 1.165) is 30.2 Å². The van der Waals surface area contributed by atoms with Crippen molar-refractivity contribution in [1.29, 1.82) is 0 Å². The summed E-state index contributed by atoms with van der Waals surface area (Å²) in [5, 5.41) is 5.64. The quantitative estimate of drug-likeness (QED) is 0.780. The molecule has 2 N–H and O–H groups in total. The minimum Gasteiger partial charge on any atom is -0.357 e. The first-order valence-corrected chi connectivity index (χ1v) is 9.09. The van der Waals surface area contributed by atoms with Crippen molar-refractivity contribution in [3.05, 3.63) is 29.6 Å². The van der Waals surface area contributed by atoms with Crippen LogP contribution in [0.3, 0.4) is 0 Å². The van der Waals surface area contributed by atoms with Gasteiger partial charge in [-0.2, -0.15) is 0 Å². The molecule has 0 unspecified atom stereocenters. The van der Waals surface area contributed by atoms with Gasteiger partial charge in [-0.25, -0.2) is 9.78 Å². The van der Waals surface area contributed by atoms with Gasteiger partial charge in [0, 0.05) is 45.5 Å². The van der Waals surface area contributed by atoms with Crippen LogP contribution >= 0.6 is 0 Å². The molecule has 2 aromatic heterocycles. The number of urea groups is 1. The maximum atomic E-state index is 12.5. The number of carbonyl (C=O) groups is 2. The Morgan fingerprint density at radius 1 is 1.35 bits per heavy atom. The molecule has 1 aliphatic rings. The number of anilines is 1. The smallest absolute Gasteiger partial charge is 0.317 e. The summed E-state index contributed by atoms with van der Waals surface area (Å²) in [5.74, 6) is 0.872. The largest absolute Gasteiger partial charge is 0.357 e. The number of hydrogen-bond acceptors (Lipinski definition) is 4. The Morgan fingerprint density at radius 2 is 2.12 bits per heavy atom. The van der Waals surface area contributed by atoms with Crippen molar-refractivity contribution in [2.75, 3.05) is 44.2 Å². The third-order valence-electron chi connectivity index (χ3n) is 4.70. The van der Waals surface area contributed by atoms with E-state index < -0.39 is 0 Å². The van der Waals surface area contributed by atoms with Crippen LogP contribution in [0.1, 0.15) is 29.9 Å². The van der Waals surface area contributed by atoms with Crippen molar-refractivity contribution in [1.82, 2.24) is 24.9 Å². The number of aromatic nitrogens is 2. The van der Waals surface area contributed by atoms with Gasteiger partial charge >= 0.3 is 6.03 Å². The molecule has 1 fully saturated rings. The molecule has 140 valence electrons. The van der Waals surface area contributed by atoms with Crippen molar-refractivity contribution in [2.45, 2.75) is 20.8 Å². The van der Waals surface area contributed by atoms with Gasteiger partial charge in [0.25, 0.3) is 5.91 Å². The number of pyridine rings is 1. The van der Waals surface area contributed by atoms with Crippen molar-refractivity contribution in [3.8, 4) is 0 Å². The summed E-state index contributed by atoms with van der Waals surface area (Å²) >= 11 is 0. The van der Waals surface area contributed by atoms with Gasteiger partial charge < -0.3 is 20.4 Å². The average molecular weight is 358 g/mol. The Balaban J connectivity index is 1.74. The van der Waals surface area contributed by atoms with Crippen LogP contribution < -0.4 is 15.5 Å². The molecule has 8 heteroatoms. The SMILES string of the molecule is CCN(CC)c1c(C)nc2ccc(C(=O)NCCN3CCNC3=O)cn12. The molecule has 0 bridgehead atoms. The number of nitrogens with zero attached hydrogens (tertiary/aromatic N) is 4. The first kappa shape index (κ1) is 18.0. The molecule has 0 spiro atoms. The number of hydrogen-bond donors (Lipinski definition) is 2. The molecule has 0 atom stereocenters. The second-order valence-corrected chi connectivity index (χ2v) is 6.31. The first-order chi connectivity index (χ1) is 12.5. The lowest BCUT2D eigenvalue weighted by molar-refractivity contribution is 0.0950. The van der Waals surface area contributed by atoms with Crippen LogP contribution in [-0.4, -0.2) is 65.5 Å². The molecule has 0 saturated carbocycles. The van der Waals surface area contributed by atoms with Gasteiger partial charge in [-0.3, -0.25) is 9.20 Å². The van der Waals surface area contributed by atoms with Gasteiger partial charge in [-0.05, 0) is 32.9 Å². The van der Waals surface area contributed by atoms with Crippen molar-refractivity contribution < 1.29 is 9.59 Å². The summed E-state index contributed by atoms with van der Waals surface area (Å²) in [7, 11) is 0. The topological polar surface area (TPSA) is 82.0 Å². The predicted molar refractivity (Wildman–Crippen MR) is 101 cm³/mol. The van der Waals surface area contributed by atoms with Gasteiger partial charge in [0.1, 0.15) is 11.5 Å². The van der Waals surface area contributed by atoms with Crippen molar-refractivity contribution >= 4 is 23.4 Å². The Kier molecular flexibility index (Phi) is 5.29. The Labute approximate surface area is 153 Å². The standard InChI is InChI=1S/C18H26N6O2/c1-4-22(5-2)17-13(3)21-15-7-6-14(12-24(15)17)16(25)19-8-10-23-11-9-20-18(23)26/h6-7,12H,4-5,8-11H2,1-3H3,(H,19,25)(H,20,26). The lowest BCUT2D eigenvalue weighted by Crippen LogP contribution is -2.36. The van der Waals surface area contributed by atoms with Gasteiger partial charge in [0.15, 0.2) is 0 Å². The highest BCUT2D eigenvalue weighted by molar-refractivity contribution is 5.94. The maximum absolute atomic E-state index is 12.5. The zero-order valence-corrected chi connectivity index (χ0v) is 15.6. The van der Waals surface area contributed by atoms with E-state index in [9.17, 15) is 9.59 Å². The fourth-order valence-electron chi connectivity index (χ4n) is 3.32. The summed E-state index contributed by atoms with van der Waals surface area (Å²) in [4.78, 5) is 32.5. The van der Waals surface area contributed by atoms with Crippen molar-refractivity contribution in [2.24, 2.45) is 0 Å². The monoisotopic (exact) mass is 358 g/mol. The highest BCUT2D eigenvalue weighted by atomic mass is 16.2. The molecule has 3 rings (SSSR count). The van der Waals surface area contributed by atoms with E-state index in [0.29, 0.717) is 31.7 Å². The minimum absolute atomic E-state index is 0.0709. The zero-order chi connectivity index (χ0) is 18.7. The van der Waals surface area contributed by atoms with Crippen molar-refractivity contribution in [3.63, 3.8) is 0 Å². The molecule has 2 aromatic rings. The van der Waals surface area contributed by atoms with E-state index >= 15 is 0 Å². The molecule has 1 aliphatic heterocycles. The number of carbonyl (C=O) groups excluding carboxylic acids is 2. The van der Waals surface area contributed by atoms with E-state index in [1.807, 2.05) is 23.6 Å². The van der Waals surface area contributed by atoms with Gasteiger partial charge in [-0.1, -0.05) is 0 Å². The van der Waals surface area contributed by atoms with Crippen LogP contribution in [0.5, 0.6) is 0 Å². The number of aryl methyl sites for hydroxylation is 1. The second-order valence-electron chi connectivity index (χ2n) is 6.31. The van der Waals surface area contributed by atoms with Crippen LogP contribution in [0.25, 0.3) is 5.65 Å². The minimum atomic E-state index is -0.150. The Bertz CT molecular complexity index is 811. The average Bonchev–Trinajstić information content (AvgIpc) is 3.19. The maximum Gasteiger partial charge on any atom is 0.317 e. The molecule has 1 saturated heterocycles. The number of nitrogens with one attached hydrogen (secondary N) is 2. The highest BCUT2D eigenvalue weighted by Gasteiger charge is 2.19. The predicted octanol–water partition coefficient (Wildman–Crippen LogP) is 1.24. The third kappa shape index (κ3) is 3.44. The lowest BCUT2D eigenvalue weighted by Gasteiger charge is -2.21. The number of fused-ring (bicyclic) bond motifs is 1. The van der Waals surface area contributed by atoms with Crippen LogP contribution in [0, 0.1) is 6.92 Å². The summed E-state index contributed by atoms with van der Waals surface area (Å²) < 4.78 is 1.98. The first-order valence-electron chi connectivity index (χ1n) is 9.09. The summed E-state index contributed by atoms with van der Waals surface area (Å²) in [6.07, 6.45) is 1.83. The number of imidazole rings is 1. The normalized spacial score (nSPS) is 14.0. The Morgan fingerprint density at radius 3 is 2.77 bits per heavy atom. The summed E-state index contributed by atoms with van der Waals surface area (Å²) in [6.45, 7) is 10.2. The van der Waals surface area contributed by atoms with E-state index in [4.69, 9.17) is 0 Å². The molecular formula is C18H26N6O2. The highest BCUT2D eigenvalue weighted by Crippen LogP contribution is 2.22. The van der Waals surface area contributed by atoms with E-state index in [-0.39, 0.29) is 11.9 Å². The molecule has 0 aromatic carbocycles. The lowest BCUT2D eigenvalue weighted by atomic mass is 10.2. The fraction of sp³-hybridized carbons (Fsp3) is 0.500. The van der Waals surface area contributed by atoms with Gasteiger partial charge in [0.05, 0.1) is 11.3 Å². The summed E-state index contributed by atoms with van der Waals surface area (Å²) in [5.41, 5.74) is 2.36. The van der Waals surface area contributed by atoms with E-state index in [1.54, 1.807) is 11.0 Å². The van der Waals surface area contributed by atoms with Crippen LogP contribution in [0.4, 0.5) is 10.6 Å². The van der Waals surface area contributed by atoms with E-state index in [1.165, 1.54) is 0 Å². The number of amides is 3.